The van der Waals surface area contributed by atoms with E-state index in [9.17, 15) is 5.11 Å². The predicted octanol–water partition coefficient (Wildman–Crippen LogP) is 5.35. The molecule has 0 aromatic rings. The van der Waals surface area contributed by atoms with Crippen LogP contribution in [0.1, 0.15) is 54.4 Å². The number of hydrogen-bond donors (Lipinski definition) is 1. The summed E-state index contributed by atoms with van der Waals surface area (Å²) in [6, 6.07) is 0. The van der Waals surface area contributed by atoms with Gasteiger partial charge in [0.25, 0.3) is 0 Å². The molecule has 1 rings (SSSR count). The maximum atomic E-state index is 10.7. The van der Waals surface area contributed by atoms with Crippen LogP contribution < -0.4 is 0 Å². The highest BCUT2D eigenvalue weighted by atomic mass is 16.3. The van der Waals surface area contributed by atoms with Crippen LogP contribution in [0.5, 0.6) is 0 Å². The first-order chi connectivity index (χ1) is 9.54. The Hall–Kier alpha value is -1.30. The molecule has 0 radical (unpaired) electrons. The molecule has 116 valence electrons. The Morgan fingerprint density at radius 3 is 2.43 bits per heavy atom. The van der Waals surface area contributed by atoms with Crippen LogP contribution in [-0.2, 0) is 0 Å². The van der Waals surface area contributed by atoms with Crippen molar-refractivity contribution in [3.63, 3.8) is 0 Å². The SMILES string of the molecule is C=C(C)/C=C/C=C(\C)C=C=C1C(C)(C)CC(C)CC1(C)O. The molecule has 1 fully saturated rings. The van der Waals surface area contributed by atoms with E-state index in [1.54, 1.807) is 0 Å². The molecule has 0 aliphatic heterocycles. The maximum Gasteiger partial charge on any atom is 0.0909 e. The molecule has 0 amide bonds. The van der Waals surface area contributed by atoms with E-state index in [2.05, 4.69) is 33.1 Å². The summed E-state index contributed by atoms with van der Waals surface area (Å²) < 4.78 is 0. The van der Waals surface area contributed by atoms with Gasteiger partial charge in [0.05, 0.1) is 5.60 Å². The highest BCUT2D eigenvalue weighted by molar-refractivity contribution is 5.30. The minimum Gasteiger partial charge on any atom is -0.385 e. The quantitative estimate of drug-likeness (QED) is 0.547. The van der Waals surface area contributed by atoms with Gasteiger partial charge in [0.1, 0.15) is 0 Å². The van der Waals surface area contributed by atoms with Gasteiger partial charge in [0, 0.05) is 5.57 Å². The van der Waals surface area contributed by atoms with Crippen molar-refractivity contribution in [2.75, 3.05) is 0 Å². The molecule has 21 heavy (non-hydrogen) atoms. The fourth-order valence-corrected chi connectivity index (χ4v) is 3.50. The molecule has 2 unspecified atom stereocenters. The summed E-state index contributed by atoms with van der Waals surface area (Å²) in [5.41, 5.74) is 5.78. The van der Waals surface area contributed by atoms with Crippen LogP contribution in [0, 0.1) is 11.3 Å². The highest BCUT2D eigenvalue weighted by Crippen LogP contribution is 2.47. The smallest absolute Gasteiger partial charge is 0.0909 e. The minimum atomic E-state index is -0.758. The van der Waals surface area contributed by atoms with Gasteiger partial charge < -0.3 is 5.11 Å². The monoisotopic (exact) mass is 286 g/mol. The first kappa shape index (κ1) is 17.8. The van der Waals surface area contributed by atoms with E-state index in [0.29, 0.717) is 5.92 Å². The number of aliphatic hydroxyl groups is 1. The zero-order valence-electron chi connectivity index (χ0n) is 14.5. The predicted molar refractivity (Wildman–Crippen MR) is 92.1 cm³/mol. The molecule has 1 aliphatic rings. The van der Waals surface area contributed by atoms with Crippen LogP contribution in [0.15, 0.2) is 53.3 Å². The molecule has 0 aromatic carbocycles. The lowest BCUT2D eigenvalue weighted by atomic mass is 9.63. The van der Waals surface area contributed by atoms with Crippen LogP contribution in [0.4, 0.5) is 0 Å². The zero-order valence-corrected chi connectivity index (χ0v) is 14.5. The molecule has 1 nitrogen and oxygen atoms in total. The van der Waals surface area contributed by atoms with Crippen molar-refractivity contribution >= 4 is 0 Å². The van der Waals surface area contributed by atoms with Crippen LogP contribution >= 0.6 is 0 Å². The van der Waals surface area contributed by atoms with Crippen molar-refractivity contribution in [1.29, 1.82) is 0 Å². The van der Waals surface area contributed by atoms with Crippen molar-refractivity contribution in [3.8, 4) is 0 Å². The van der Waals surface area contributed by atoms with E-state index in [1.807, 2.05) is 45.1 Å². The topological polar surface area (TPSA) is 20.2 Å². The normalized spacial score (nSPS) is 29.4. The second-order valence-electron chi connectivity index (χ2n) is 7.45. The largest absolute Gasteiger partial charge is 0.385 e. The van der Waals surface area contributed by atoms with Crippen molar-refractivity contribution in [1.82, 2.24) is 0 Å². The summed E-state index contributed by atoms with van der Waals surface area (Å²) in [6.45, 7) is 16.4. The van der Waals surface area contributed by atoms with Crippen LogP contribution in [0.25, 0.3) is 0 Å². The van der Waals surface area contributed by atoms with Gasteiger partial charge >= 0.3 is 0 Å². The Kier molecular flexibility index (Phi) is 5.61. The second-order valence-corrected chi connectivity index (χ2v) is 7.45. The average Bonchev–Trinajstić information content (AvgIpc) is 2.24. The first-order valence-electron chi connectivity index (χ1n) is 7.75. The van der Waals surface area contributed by atoms with E-state index in [4.69, 9.17) is 0 Å². The zero-order chi connectivity index (χ0) is 16.3. The standard InChI is InChI=1S/C20H30O/c1-15(2)9-8-10-16(3)11-12-18-19(5,6)13-17(4)14-20(18,7)21/h8-11,17,21H,1,13-14H2,2-7H3/b9-8+,16-10+. The van der Waals surface area contributed by atoms with Crippen molar-refractivity contribution in [2.45, 2.75) is 60.0 Å². The molecular formula is C20H30O. The van der Waals surface area contributed by atoms with E-state index in [0.717, 1.165) is 29.6 Å². The van der Waals surface area contributed by atoms with E-state index in [-0.39, 0.29) is 5.41 Å². The summed E-state index contributed by atoms with van der Waals surface area (Å²) in [4.78, 5) is 0. The molecule has 0 aromatic heterocycles. The third-order valence-electron chi connectivity index (χ3n) is 4.00. The fraction of sp³-hybridized carbons (Fsp3) is 0.550. The Morgan fingerprint density at radius 1 is 1.29 bits per heavy atom. The Bertz CT molecular complexity index is 500. The van der Waals surface area contributed by atoms with Gasteiger partial charge in [0.15, 0.2) is 0 Å². The molecule has 1 N–H and O–H groups in total. The highest BCUT2D eigenvalue weighted by Gasteiger charge is 2.43. The van der Waals surface area contributed by atoms with Gasteiger partial charge in [-0.05, 0) is 56.6 Å². The Balaban J connectivity index is 3.10. The molecule has 2 atom stereocenters. The Morgan fingerprint density at radius 2 is 1.90 bits per heavy atom. The van der Waals surface area contributed by atoms with Gasteiger partial charge in [-0.15, -0.1) is 5.73 Å². The number of hydrogen-bond acceptors (Lipinski definition) is 1. The molecule has 1 saturated carbocycles. The lowest BCUT2D eigenvalue weighted by Gasteiger charge is -2.44. The van der Waals surface area contributed by atoms with Gasteiger partial charge in [0.2, 0.25) is 0 Å². The molecule has 0 bridgehead atoms. The van der Waals surface area contributed by atoms with Crippen molar-refractivity contribution in [2.24, 2.45) is 11.3 Å². The molecule has 0 saturated heterocycles. The second kappa shape index (κ2) is 6.64. The number of rotatable bonds is 3. The third-order valence-corrected chi connectivity index (χ3v) is 4.00. The van der Waals surface area contributed by atoms with Gasteiger partial charge in [-0.25, -0.2) is 0 Å². The van der Waals surface area contributed by atoms with Crippen molar-refractivity contribution < 1.29 is 5.11 Å². The Labute approximate surface area is 130 Å². The van der Waals surface area contributed by atoms with E-state index in [1.165, 1.54) is 0 Å². The average molecular weight is 286 g/mol. The van der Waals surface area contributed by atoms with Crippen LogP contribution in [0.3, 0.4) is 0 Å². The molecule has 1 aliphatic carbocycles. The van der Waals surface area contributed by atoms with Crippen molar-refractivity contribution in [3.05, 3.63) is 53.3 Å². The summed E-state index contributed by atoms with van der Waals surface area (Å²) in [7, 11) is 0. The molecule has 0 heterocycles. The first-order valence-corrected chi connectivity index (χ1v) is 7.75. The van der Waals surface area contributed by atoms with E-state index >= 15 is 0 Å². The summed E-state index contributed by atoms with van der Waals surface area (Å²) >= 11 is 0. The lowest BCUT2D eigenvalue weighted by molar-refractivity contribution is 0.0178. The summed E-state index contributed by atoms with van der Waals surface area (Å²) in [5, 5.41) is 10.7. The number of allylic oxidation sites excluding steroid dienone is 5. The summed E-state index contributed by atoms with van der Waals surface area (Å²) in [5.74, 6) is 0.538. The molecule has 1 heteroatoms. The van der Waals surface area contributed by atoms with Gasteiger partial charge in [-0.1, -0.05) is 51.2 Å². The maximum absolute atomic E-state index is 10.7. The van der Waals surface area contributed by atoms with Crippen LogP contribution in [-0.4, -0.2) is 10.7 Å². The minimum absolute atomic E-state index is 0.00844. The van der Waals surface area contributed by atoms with Crippen LogP contribution in [0.2, 0.25) is 0 Å². The lowest BCUT2D eigenvalue weighted by Crippen LogP contribution is -2.42. The molecular weight excluding hydrogens is 256 g/mol. The van der Waals surface area contributed by atoms with Gasteiger partial charge in [-0.2, -0.15) is 0 Å². The van der Waals surface area contributed by atoms with Gasteiger partial charge in [-0.3, -0.25) is 0 Å². The van der Waals surface area contributed by atoms with E-state index < -0.39 is 5.60 Å². The third kappa shape index (κ3) is 5.19. The summed E-state index contributed by atoms with van der Waals surface area (Å²) in [6.07, 6.45) is 9.89. The molecule has 0 spiro atoms. The fourth-order valence-electron chi connectivity index (χ4n) is 3.50.